The second-order valence-electron chi connectivity index (χ2n) is 6.02. The lowest BCUT2D eigenvalue weighted by Gasteiger charge is -2.10. The molecule has 0 unspecified atom stereocenters. The van der Waals surface area contributed by atoms with Gasteiger partial charge in [0.15, 0.2) is 10.8 Å². The fourth-order valence-corrected chi connectivity index (χ4v) is 3.07. The minimum absolute atomic E-state index is 0.0228. The molecule has 3 N–H and O–H groups in total. The first-order valence-electron chi connectivity index (χ1n) is 8.74. The van der Waals surface area contributed by atoms with Crippen LogP contribution in [0.25, 0.3) is 0 Å². The summed E-state index contributed by atoms with van der Waals surface area (Å²) in [5, 5.41) is 3.65. The number of nitrogens with two attached hydrogens (primary N) is 1. The van der Waals surface area contributed by atoms with E-state index < -0.39 is 5.91 Å². The summed E-state index contributed by atoms with van der Waals surface area (Å²) in [6.07, 6.45) is 3.08. The minimum atomic E-state index is -0.696. The molecule has 2 aromatic heterocycles. The predicted octanol–water partition coefficient (Wildman–Crippen LogP) is 4.37. The molecule has 0 aliphatic rings. The number of hydrogen-bond acceptors (Lipinski definition) is 7. The molecule has 0 bridgehead atoms. The van der Waals surface area contributed by atoms with E-state index in [0.717, 1.165) is 5.56 Å². The zero-order valence-corrected chi connectivity index (χ0v) is 18.4. The SMILES string of the molecule is COc1ccc(/C=N/NC(=O)c2nc(Cl)c(Cl)c(N)c2Cl)cc1COc1ccccn1. The summed E-state index contributed by atoms with van der Waals surface area (Å²) in [6.45, 7) is 0.232. The summed E-state index contributed by atoms with van der Waals surface area (Å²) in [7, 11) is 1.56. The van der Waals surface area contributed by atoms with Gasteiger partial charge >= 0.3 is 0 Å². The Balaban J connectivity index is 1.71. The number of ether oxygens (including phenoxy) is 2. The van der Waals surface area contributed by atoms with Crippen LogP contribution in [0.5, 0.6) is 11.6 Å². The van der Waals surface area contributed by atoms with Gasteiger partial charge in [-0.2, -0.15) is 5.10 Å². The Hall–Kier alpha value is -3.07. The molecule has 0 saturated carbocycles. The quantitative estimate of drug-likeness (QED) is 0.295. The van der Waals surface area contributed by atoms with Crippen LogP contribution in [0.4, 0.5) is 5.69 Å². The van der Waals surface area contributed by atoms with Crippen LogP contribution in [-0.2, 0) is 6.61 Å². The Kier molecular flexibility index (Phi) is 7.51. The van der Waals surface area contributed by atoms with Crippen LogP contribution in [0.2, 0.25) is 15.2 Å². The first-order valence-corrected chi connectivity index (χ1v) is 9.88. The highest BCUT2D eigenvalue weighted by atomic mass is 35.5. The average molecular weight is 481 g/mol. The number of pyridine rings is 2. The molecule has 0 aliphatic heterocycles. The third-order valence-electron chi connectivity index (χ3n) is 3.98. The van der Waals surface area contributed by atoms with E-state index >= 15 is 0 Å². The van der Waals surface area contributed by atoms with Crippen LogP contribution in [-0.4, -0.2) is 29.2 Å². The van der Waals surface area contributed by atoms with Gasteiger partial charge in [-0.15, -0.1) is 0 Å². The topological polar surface area (TPSA) is 112 Å². The molecule has 0 atom stereocenters. The van der Waals surface area contributed by atoms with Crippen molar-refractivity contribution in [3.8, 4) is 11.6 Å². The van der Waals surface area contributed by atoms with Gasteiger partial charge in [0.1, 0.15) is 17.4 Å². The van der Waals surface area contributed by atoms with Gasteiger partial charge in [0, 0.05) is 17.8 Å². The fraction of sp³-hybridized carbons (Fsp3) is 0.100. The number of aromatic nitrogens is 2. The molecule has 1 amide bonds. The highest BCUT2D eigenvalue weighted by Crippen LogP contribution is 2.34. The first kappa shape index (κ1) is 22.6. The lowest BCUT2D eigenvalue weighted by atomic mass is 10.1. The summed E-state index contributed by atoms with van der Waals surface area (Å²) in [6, 6.07) is 10.7. The molecule has 1 aromatic carbocycles. The second kappa shape index (κ2) is 10.3. The van der Waals surface area contributed by atoms with Gasteiger partial charge < -0.3 is 15.2 Å². The number of carbonyl (C=O) groups excluding carboxylic acids is 1. The van der Waals surface area contributed by atoms with Crippen molar-refractivity contribution in [1.82, 2.24) is 15.4 Å². The molecule has 0 saturated heterocycles. The van der Waals surface area contributed by atoms with Crippen molar-refractivity contribution >= 4 is 52.6 Å². The number of amides is 1. The maximum Gasteiger partial charge on any atom is 0.291 e. The van der Waals surface area contributed by atoms with Crippen LogP contribution in [0.3, 0.4) is 0 Å². The molecular formula is C20H16Cl3N5O3. The highest BCUT2D eigenvalue weighted by Gasteiger charge is 2.19. The molecule has 0 spiro atoms. The third kappa shape index (κ3) is 5.55. The van der Waals surface area contributed by atoms with E-state index in [-0.39, 0.29) is 33.2 Å². The zero-order valence-electron chi connectivity index (χ0n) is 16.1. The van der Waals surface area contributed by atoms with E-state index in [9.17, 15) is 4.79 Å². The van der Waals surface area contributed by atoms with Gasteiger partial charge in [-0.25, -0.2) is 15.4 Å². The number of nitrogen functional groups attached to an aromatic ring is 1. The van der Waals surface area contributed by atoms with Crippen LogP contribution in [0.15, 0.2) is 47.7 Å². The van der Waals surface area contributed by atoms with E-state index in [2.05, 4.69) is 20.5 Å². The van der Waals surface area contributed by atoms with Crippen molar-refractivity contribution in [2.24, 2.45) is 5.10 Å². The number of nitrogens with zero attached hydrogens (tertiary/aromatic N) is 3. The number of carbonyl (C=O) groups is 1. The second-order valence-corrected chi connectivity index (χ2v) is 7.13. The Morgan fingerprint density at radius 1 is 1.23 bits per heavy atom. The van der Waals surface area contributed by atoms with Gasteiger partial charge in [-0.3, -0.25) is 4.79 Å². The van der Waals surface area contributed by atoms with Crippen molar-refractivity contribution in [1.29, 1.82) is 0 Å². The maximum atomic E-state index is 12.3. The zero-order chi connectivity index (χ0) is 22.4. The van der Waals surface area contributed by atoms with E-state index in [1.165, 1.54) is 6.21 Å². The highest BCUT2D eigenvalue weighted by molar-refractivity contribution is 6.46. The van der Waals surface area contributed by atoms with Crippen molar-refractivity contribution in [3.63, 3.8) is 0 Å². The average Bonchev–Trinajstić information content (AvgIpc) is 2.79. The first-order chi connectivity index (χ1) is 14.9. The summed E-state index contributed by atoms with van der Waals surface area (Å²) >= 11 is 17.7. The van der Waals surface area contributed by atoms with E-state index in [4.69, 9.17) is 50.0 Å². The van der Waals surface area contributed by atoms with Crippen LogP contribution in [0.1, 0.15) is 21.6 Å². The molecule has 11 heteroatoms. The molecule has 0 aliphatic carbocycles. The smallest absolute Gasteiger partial charge is 0.291 e. The van der Waals surface area contributed by atoms with Crippen molar-refractivity contribution in [3.05, 3.63) is 74.6 Å². The summed E-state index contributed by atoms with van der Waals surface area (Å²) in [5.41, 5.74) is 9.27. The number of anilines is 1. The van der Waals surface area contributed by atoms with Crippen LogP contribution in [0, 0.1) is 0 Å². The van der Waals surface area contributed by atoms with Gasteiger partial charge in [0.25, 0.3) is 5.91 Å². The monoisotopic (exact) mass is 479 g/mol. The summed E-state index contributed by atoms with van der Waals surface area (Å²) < 4.78 is 11.0. The number of benzene rings is 1. The Labute approximate surface area is 192 Å². The van der Waals surface area contributed by atoms with Crippen molar-refractivity contribution in [2.45, 2.75) is 6.61 Å². The Morgan fingerprint density at radius 2 is 2.03 bits per heavy atom. The summed E-state index contributed by atoms with van der Waals surface area (Å²) in [5.74, 6) is 0.430. The lowest BCUT2D eigenvalue weighted by molar-refractivity contribution is 0.0950. The number of hydrogen-bond donors (Lipinski definition) is 2. The number of hydrazone groups is 1. The number of halogens is 3. The van der Waals surface area contributed by atoms with Gasteiger partial charge in [-0.1, -0.05) is 40.9 Å². The molecule has 3 aromatic rings. The fourth-order valence-electron chi connectivity index (χ4n) is 2.48. The van der Waals surface area contributed by atoms with Gasteiger partial charge in [-0.05, 0) is 29.8 Å². The van der Waals surface area contributed by atoms with Crippen molar-refractivity contribution in [2.75, 3.05) is 12.8 Å². The predicted molar refractivity (Wildman–Crippen MR) is 120 cm³/mol. The molecule has 2 heterocycles. The van der Waals surface area contributed by atoms with Crippen LogP contribution >= 0.6 is 34.8 Å². The molecule has 8 nitrogen and oxygen atoms in total. The molecule has 31 heavy (non-hydrogen) atoms. The van der Waals surface area contributed by atoms with E-state index in [1.54, 1.807) is 43.6 Å². The van der Waals surface area contributed by atoms with Crippen LogP contribution < -0.4 is 20.6 Å². The Morgan fingerprint density at radius 3 is 2.74 bits per heavy atom. The maximum absolute atomic E-state index is 12.3. The third-order valence-corrected chi connectivity index (χ3v) is 5.12. The van der Waals surface area contributed by atoms with E-state index in [0.29, 0.717) is 17.2 Å². The molecule has 0 fully saturated rings. The standard InChI is InChI=1S/C20H16Cl3N5O3/c1-30-13-6-5-11(8-12(13)10-31-14-4-2-3-7-25-14)9-26-28-20(29)18-15(21)17(24)16(22)19(23)27-18/h2-9H,10H2,1H3,(H2,24,27)(H,28,29)/b26-9+. The van der Waals surface area contributed by atoms with E-state index in [1.807, 2.05) is 6.07 Å². The lowest BCUT2D eigenvalue weighted by Crippen LogP contribution is -2.20. The molecule has 0 radical (unpaired) electrons. The largest absolute Gasteiger partial charge is 0.496 e. The Bertz CT molecular complexity index is 1130. The normalized spacial score (nSPS) is 10.8. The number of methoxy groups -OCH3 is 1. The number of nitrogens with one attached hydrogen (secondary N) is 1. The molecule has 160 valence electrons. The van der Waals surface area contributed by atoms with Gasteiger partial charge in [0.2, 0.25) is 5.88 Å². The summed E-state index contributed by atoms with van der Waals surface area (Å²) in [4.78, 5) is 20.3. The minimum Gasteiger partial charge on any atom is -0.496 e. The molecule has 3 rings (SSSR count). The number of rotatable bonds is 7. The van der Waals surface area contributed by atoms with Gasteiger partial charge in [0.05, 0.1) is 24.0 Å². The van der Waals surface area contributed by atoms with Crippen molar-refractivity contribution < 1.29 is 14.3 Å². The molecular weight excluding hydrogens is 465 g/mol.